The average molecular weight is 483 g/mol. The van der Waals surface area contributed by atoms with E-state index in [0.29, 0.717) is 57.1 Å². The van der Waals surface area contributed by atoms with Gasteiger partial charge in [0.15, 0.2) is 0 Å². The molecule has 0 unspecified atom stereocenters. The summed E-state index contributed by atoms with van der Waals surface area (Å²) in [5.74, 6) is 0.182. The van der Waals surface area contributed by atoms with Gasteiger partial charge in [-0.1, -0.05) is 0 Å². The van der Waals surface area contributed by atoms with Crippen molar-refractivity contribution >= 4 is 17.5 Å². The molecule has 3 rings (SSSR count). The van der Waals surface area contributed by atoms with Crippen molar-refractivity contribution in [2.45, 2.75) is 38.9 Å². The largest absolute Gasteiger partial charge is 0.419 e. The second-order valence-electron chi connectivity index (χ2n) is 8.07. The van der Waals surface area contributed by atoms with Crippen LogP contribution in [0.3, 0.4) is 0 Å². The molecule has 34 heavy (non-hydrogen) atoms. The van der Waals surface area contributed by atoms with Crippen molar-refractivity contribution in [2.75, 3.05) is 49.6 Å². The topological polar surface area (TPSA) is 116 Å². The Balaban J connectivity index is 1.32. The van der Waals surface area contributed by atoms with Gasteiger partial charge in [-0.25, -0.2) is 15.1 Å². The zero-order valence-corrected chi connectivity index (χ0v) is 19.1. The third kappa shape index (κ3) is 6.89. The minimum Gasteiger partial charge on any atom is -0.381 e. The van der Waals surface area contributed by atoms with E-state index in [1.54, 1.807) is 22.9 Å². The van der Waals surface area contributed by atoms with Crippen LogP contribution < -0.4 is 15.8 Å². The average Bonchev–Trinajstić information content (AvgIpc) is 2.81. The number of piperazine rings is 1. The number of nitrogens with one attached hydrogen (secondary N) is 2. The maximum Gasteiger partial charge on any atom is 0.419 e. The molecule has 1 aliphatic rings. The van der Waals surface area contributed by atoms with Crippen LogP contribution >= 0.6 is 0 Å². The van der Waals surface area contributed by atoms with Crippen molar-refractivity contribution in [2.24, 2.45) is 0 Å². The molecule has 0 spiro atoms. The number of ether oxygens (including phenoxy) is 1. The van der Waals surface area contributed by atoms with Gasteiger partial charge in [0, 0.05) is 56.8 Å². The first kappa shape index (κ1) is 25.4. The van der Waals surface area contributed by atoms with Crippen LogP contribution in [0.25, 0.3) is 0 Å². The zero-order chi connectivity index (χ0) is 24.7. The maximum atomic E-state index is 12.6. The molecule has 1 fully saturated rings. The molecule has 0 bridgehead atoms. The fraction of sp³-hybridized carbons (Fsp3) is 0.571. The second kappa shape index (κ2) is 11.3. The molecule has 186 valence electrons. The molecule has 13 heteroatoms. The first-order valence-electron chi connectivity index (χ1n) is 11.0. The molecule has 2 aromatic rings. The van der Waals surface area contributed by atoms with Crippen LogP contribution in [0.1, 0.15) is 30.9 Å². The number of aromatic amines is 1. The summed E-state index contributed by atoms with van der Waals surface area (Å²) in [6.07, 6.45) is -0.437. The zero-order valence-electron chi connectivity index (χ0n) is 19.1. The Morgan fingerprint density at radius 2 is 1.85 bits per heavy atom. The molecule has 1 amide bonds. The van der Waals surface area contributed by atoms with Gasteiger partial charge >= 0.3 is 6.18 Å². The van der Waals surface area contributed by atoms with E-state index < -0.39 is 11.7 Å². The van der Waals surface area contributed by atoms with Gasteiger partial charge in [0.05, 0.1) is 30.5 Å². The van der Waals surface area contributed by atoms with Gasteiger partial charge in [0.25, 0.3) is 5.56 Å². The predicted octanol–water partition coefficient (Wildman–Crippen LogP) is 1.83. The van der Waals surface area contributed by atoms with Crippen LogP contribution in [0.15, 0.2) is 23.4 Å². The number of halogens is 3. The third-order valence-electron chi connectivity index (χ3n) is 5.54. The molecule has 3 heterocycles. The van der Waals surface area contributed by atoms with Crippen LogP contribution in [0.5, 0.6) is 0 Å². The van der Waals surface area contributed by atoms with Gasteiger partial charge in [-0.05, 0) is 20.3 Å². The van der Waals surface area contributed by atoms with Gasteiger partial charge in [0.1, 0.15) is 0 Å². The van der Waals surface area contributed by atoms with E-state index in [0.717, 1.165) is 12.4 Å². The molecule has 0 saturated carbocycles. The molecule has 1 saturated heterocycles. The normalized spacial score (nSPS) is 15.3. The van der Waals surface area contributed by atoms with E-state index in [-0.39, 0.29) is 29.9 Å². The molecule has 1 aliphatic heterocycles. The molecule has 1 atom stereocenters. The highest BCUT2D eigenvalue weighted by Crippen LogP contribution is 2.28. The van der Waals surface area contributed by atoms with Gasteiger partial charge < -0.3 is 19.9 Å². The number of nitrogens with zero attached hydrogens (tertiary/aromatic N) is 5. The number of hydrogen-bond donors (Lipinski definition) is 2. The Bertz CT molecular complexity index is 1010. The molecule has 2 N–H and O–H groups in total. The van der Waals surface area contributed by atoms with Crippen LogP contribution in [0.4, 0.5) is 24.8 Å². The first-order chi connectivity index (χ1) is 16.1. The molecule has 0 aliphatic carbocycles. The SMILES string of the molecule is Cc1c(N[C@@H](C)CCOCCC(=O)N2CCN(c3ncc(C(F)(F)F)cn3)CC2)cn[nH]c1=O. The minimum atomic E-state index is -4.47. The number of aromatic nitrogens is 4. The van der Waals surface area contributed by atoms with Crippen molar-refractivity contribution in [3.05, 3.63) is 40.1 Å². The van der Waals surface area contributed by atoms with Gasteiger partial charge in [-0.2, -0.15) is 18.3 Å². The van der Waals surface area contributed by atoms with E-state index in [2.05, 4.69) is 25.5 Å². The predicted molar refractivity (Wildman–Crippen MR) is 119 cm³/mol. The number of rotatable bonds is 9. The highest BCUT2D eigenvalue weighted by atomic mass is 19.4. The molecule has 0 radical (unpaired) electrons. The van der Waals surface area contributed by atoms with E-state index in [1.165, 1.54) is 0 Å². The smallest absolute Gasteiger partial charge is 0.381 e. The first-order valence-corrected chi connectivity index (χ1v) is 11.0. The van der Waals surface area contributed by atoms with Crippen molar-refractivity contribution in [3.8, 4) is 0 Å². The van der Waals surface area contributed by atoms with Crippen molar-refractivity contribution < 1.29 is 22.7 Å². The molecular formula is C21H28F3N7O3. The summed E-state index contributed by atoms with van der Waals surface area (Å²) in [4.78, 5) is 35.1. The summed E-state index contributed by atoms with van der Waals surface area (Å²) in [5.41, 5.74) is 0.114. The van der Waals surface area contributed by atoms with E-state index in [9.17, 15) is 22.8 Å². The number of hydrogen-bond acceptors (Lipinski definition) is 8. The number of H-pyrrole nitrogens is 1. The third-order valence-corrected chi connectivity index (χ3v) is 5.54. The Hall–Kier alpha value is -3.22. The maximum absolute atomic E-state index is 12.6. The van der Waals surface area contributed by atoms with Crippen LogP contribution in [0.2, 0.25) is 0 Å². The van der Waals surface area contributed by atoms with Gasteiger partial charge in [-0.15, -0.1) is 0 Å². The number of carbonyl (C=O) groups is 1. The Morgan fingerprint density at radius 3 is 2.50 bits per heavy atom. The summed E-state index contributed by atoms with van der Waals surface area (Å²) in [6, 6.07) is 0.0542. The number of amides is 1. The van der Waals surface area contributed by atoms with Gasteiger partial charge in [0.2, 0.25) is 11.9 Å². The summed E-state index contributed by atoms with van der Waals surface area (Å²) in [6.45, 7) is 6.19. The van der Waals surface area contributed by atoms with E-state index >= 15 is 0 Å². The molecular weight excluding hydrogens is 455 g/mol. The van der Waals surface area contributed by atoms with Crippen molar-refractivity contribution in [1.82, 2.24) is 25.1 Å². The Kier molecular flexibility index (Phi) is 8.42. The lowest BCUT2D eigenvalue weighted by molar-refractivity contribution is -0.138. The summed E-state index contributed by atoms with van der Waals surface area (Å²) >= 11 is 0. The Labute approximate surface area is 194 Å². The van der Waals surface area contributed by atoms with E-state index in [4.69, 9.17) is 4.74 Å². The lowest BCUT2D eigenvalue weighted by Crippen LogP contribution is -2.49. The summed E-state index contributed by atoms with van der Waals surface area (Å²) < 4.78 is 43.5. The second-order valence-corrected chi connectivity index (χ2v) is 8.07. The minimum absolute atomic E-state index is 0.0376. The van der Waals surface area contributed by atoms with E-state index in [1.807, 2.05) is 6.92 Å². The molecule has 10 nitrogen and oxygen atoms in total. The monoisotopic (exact) mass is 483 g/mol. The molecule has 2 aromatic heterocycles. The highest BCUT2D eigenvalue weighted by Gasteiger charge is 2.32. The lowest BCUT2D eigenvalue weighted by atomic mass is 10.2. The van der Waals surface area contributed by atoms with Crippen LogP contribution in [0, 0.1) is 6.92 Å². The fourth-order valence-corrected chi connectivity index (χ4v) is 3.41. The molecule has 0 aromatic carbocycles. The standard InChI is InChI=1S/C21H28F3N7O3/c1-14(28-17-13-27-29-19(33)15(17)2)3-9-34-10-4-18(32)30-5-7-31(8-6-30)20-25-11-16(12-26-20)21(22,23)24/h11-14H,3-10H2,1-2H3,(H2,28,29,33)/t14-/m0/s1. The van der Waals surface area contributed by atoms with Crippen molar-refractivity contribution in [1.29, 1.82) is 0 Å². The summed E-state index contributed by atoms with van der Waals surface area (Å²) in [5, 5.41) is 9.38. The van der Waals surface area contributed by atoms with Crippen LogP contribution in [-0.2, 0) is 15.7 Å². The van der Waals surface area contributed by atoms with Gasteiger partial charge in [-0.3, -0.25) is 9.59 Å². The van der Waals surface area contributed by atoms with Crippen molar-refractivity contribution in [3.63, 3.8) is 0 Å². The Morgan fingerprint density at radius 1 is 1.18 bits per heavy atom. The lowest BCUT2D eigenvalue weighted by Gasteiger charge is -2.34. The number of anilines is 2. The quantitative estimate of drug-likeness (QED) is 0.519. The number of alkyl halides is 3. The summed E-state index contributed by atoms with van der Waals surface area (Å²) in [7, 11) is 0. The number of carbonyl (C=O) groups excluding carboxylic acids is 1. The van der Waals surface area contributed by atoms with Crippen LogP contribution in [-0.4, -0.2) is 76.4 Å². The fourth-order valence-electron chi connectivity index (χ4n) is 3.41. The highest BCUT2D eigenvalue weighted by molar-refractivity contribution is 5.76.